The summed E-state index contributed by atoms with van der Waals surface area (Å²) >= 11 is 7.06. The van der Waals surface area contributed by atoms with Crippen molar-refractivity contribution in [2.75, 3.05) is 4.90 Å². The Bertz CT molecular complexity index is 850. The molecule has 2 N–H and O–H groups in total. The average Bonchev–Trinajstić information content (AvgIpc) is 3.01. The Morgan fingerprint density at radius 1 is 1.26 bits per heavy atom. The van der Waals surface area contributed by atoms with Crippen LogP contribution in [0, 0.1) is 6.92 Å². The Labute approximate surface area is 167 Å². The number of amides is 2. The van der Waals surface area contributed by atoms with Crippen LogP contribution in [0.1, 0.15) is 54.9 Å². The van der Waals surface area contributed by atoms with Crippen molar-refractivity contribution < 1.29 is 14.4 Å². The molecule has 0 saturated heterocycles. The van der Waals surface area contributed by atoms with Gasteiger partial charge in [0.15, 0.2) is 10.9 Å². The maximum absolute atomic E-state index is 12.8. The summed E-state index contributed by atoms with van der Waals surface area (Å²) < 4.78 is 0.393. The molecule has 6 nitrogen and oxygen atoms in total. The van der Waals surface area contributed by atoms with E-state index in [1.54, 1.807) is 18.2 Å². The Hall–Kier alpha value is -2.25. The van der Waals surface area contributed by atoms with Gasteiger partial charge in [0, 0.05) is 12.0 Å². The molecule has 2 rings (SSSR count). The summed E-state index contributed by atoms with van der Waals surface area (Å²) in [6.07, 6.45) is 4.06. The molecule has 0 radical (unpaired) electrons. The first kappa shape index (κ1) is 21.1. The molecule has 1 aromatic carbocycles. The fraction of sp³-hybridized carbons (Fsp3) is 0.368. The summed E-state index contributed by atoms with van der Waals surface area (Å²) in [7, 11) is 0. The number of carbonyl (C=O) groups excluding carboxylic acids is 3. The van der Waals surface area contributed by atoms with Crippen LogP contribution in [-0.4, -0.2) is 22.6 Å². The second kappa shape index (κ2) is 9.62. The van der Waals surface area contributed by atoms with Crippen LogP contribution < -0.4 is 10.6 Å². The number of thiazole rings is 1. The van der Waals surface area contributed by atoms with Crippen LogP contribution >= 0.6 is 22.9 Å². The molecule has 0 fully saturated rings. The summed E-state index contributed by atoms with van der Waals surface area (Å²) in [5, 5.41) is 0.290. The second-order valence-corrected chi connectivity index (χ2v) is 7.86. The van der Waals surface area contributed by atoms with E-state index in [1.807, 2.05) is 6.92 Å². The Kier molecular flexibility index (Phi) is 7.50. The molecule has 1 heterocycles. The van der Waals surface area contributed by atoms with Gasteiger partial charge in [0.25, 0.3) is 0 Å². The van der Waals surface area contributed by atoms with Crippen molar-refractivity contribution >= 4 is 51.4 Å². The van der Waals surface area contributed by atoms with Crippen LogP contribution in [0.3, 0.4) is 0 Å². The molecular weight excluding hydrogens is 386 g/mol. The van der Waals surface area contributed by atoms with E-state index in [2.05, 4.69) is 11.9 Å². The first-order chi connectivity index (χ1) is 12.8. The van der Waals surface area contributed by atoms with E-state index in [4.69, 9.17) is 17.3 Å². The van der Waals surface area contributed by atoms with Crippen molar-refractivity contribution in [2.45, 2.75) is 46.0 Å². The number of aromatic nitrogens is 1. The van der Waals surface area contributed by atoms with E-state index < -0.39 is 18.2 Å². The monoisotopic (exact) mass is 407 g/mol. The van der Waals surface area contributed by atoms with Crippen molar-refractivity contribution in [3.05, 3.63) is 39.9 Å². The molecule has 0 unspecified atom stereocenters. The molecular formula is C19H22ClN3O3S. The highest BCUT2D eigenvalue weighted by atomic mass is 35.5. The first-order valence-electron chi connectivity index (χ1n) is 8.70. The number of rotatable bonds is 9. The summed E-state index contributed by atoms with van der Waals surface area (Å²) in [6, 6.07) is 5.25. The number of Topliss-reactive ketones (excluding diaryl/α,β-unsaturated/α-hetero) is 1. The minimum absolute atomic E-state index is 0.0540. The second-order valence-electron chi connectivity index (χ2n) is 6.22. The van der Waals surface area contributed by atoms with Crippen LogP contribution in [-0.2, 0) is 9.59 Å². The number of ketones is 1. The van der Waals surface area contributed by atoms with Gasteiger partial charge < -0.3 is 5.73 Å². The Morgan fingerprint density at radius 2 is 2.00 bits per heavy atom. The predicted octanol–water partition coefficient (Wildman–Crippen LogP) is 4.41. The van der Waals surface area contributed by atoms with Crippen molar-refractivity contribution in [1.29, 1.82) is 0 Å². The first-order valence-corrected chi connectivity index (χ1v) is 9.89. The number of primary amides is 1. The predicted molar refractivity (Wildman–Crippen MR) is 108 cm³/mol. The Balaban J connectivity index is 2.49. The van der Waals surface area contributed by atoms with Gasteiger partial charge in [-0.2, -0.15) is 0 Å². The lowest BCUT2D eigenvalue weighted by atomic mass is 10.00. The van der Waals surface area contributed by atoms with Crippen molar-refractivity contribution in [1.82, 2.24) is 4.98 Å². The van der Waals surface area contributed by atoms with Gasteiger partial charge in [-0.15, -0.1) is 0 Å². The van der Waals surface area contributed by atoms with Crippen LogP contribution in [0.2, 0.25) is 4.34 Å². The average molecular weight is 408 g/mol. The lowest BCUT2D eigenvalue weighted by Crippen LogP contribution is -2.31. The van der Waals surface area contributed by atoms with Crippen LogP contribution in [0.15, 0.2) is 24.4 Å². The number of hydrogen-bond donors (Lipinski definition) is 1. The lowest BCUT2D eigenvalue weighted by Gasteiger charge is -2.22. The summed E-state index contributed by atoms with van der Waals surface area (Å²) in [4.78, 5) is 42.2. The summed E-state index contributed by atoms with van der Waals surface area (Å²) in [5.74, 6) is -1.36. The molecule has 0 saturated carbocycles. The summed E-state index contributed by atoms with van der Waals surface area (Å²) in [5.41, 5.74) is 6.91. The van der Waals surface area contributed by atoms with Crippen molar-refractivity contribution in [3.63, 3.8) is 0 Å². The van der Waals surface area contributed by atoms with E-state index in [-0.39, 0.29) is 10.9 Å². The quantitative estimate of drug-likeness (QED) is 0.378. The van der Waals surface area contributed by atoms with Gasteiger partial charge in [-0.1, -0.05) is 54.3 Å². The van der Waals surface area contributed by atoms with Gasteiger partial charge in [-0.3, -0.25) is 19.3 Å². The summed E-state index contributed by atoms with van der Waals surface area (Å²) in [6.45, 7) is 3.95. The minimum atomic E-state index is -0.754. The van der Waals surface area contributed by atoms with Gasteiger partial charge in [0.2, 0.25) is 11.8 Å². The molecule has 2 aromatic rings. The fourth-order valence-electron chi connectivity index (χ4n) is 2.66. The van der Waals surface area contributed by atoms with Crippen LogP contribution in [0.25, 0.3) is 0 Å². The number of halogens is 1. The zero-order chi connectivity index (χ0) is 20.0. The zero-order valence-electron chi connectivity index (χ0n) is 15.3. The third-order valence-corrected chi connectivity index (χ3v) is 5.03. The number of nitrogens with two attached hydrogens (primary N) is 1. The zero-order valence-corrected chi connectivity index (χ0v) is 16.9. The number of hydrogen-bond acceptors (Lipinski definition) is 5. The highest BCUT2D eigenvalue weighted by Crippen LogP contribution is 2.35. The van der Waals surface area contributed by atoms with Gasteiger partial charge in [-0.05, 0) is 25.5 Å². The van der Waals surface area contributed by atoms with E-state index >= 15 is 0 Å². The number of benzene rings is 1. The molecule has 1 aromatic heterocycles. The van der Waals surface area contributed by atoms with Gasteiger partial charge in [0.05, 0.1) is 11.9 Å². The molecule has 0 bridgehead atoms. The largest absolute Gasteiger partial charge is 0.369 e. The van der Waals surface area contributed by atoms with E-state index in [1.165, 1.54) is 11.1 Å². The molecule has 0 aliphatic carbocycles. The normalized spacial score (nSPS) is 10.6. The maximum atomic E-state index is 12.8. The van der Waals surface area contributed by atoms with E-state index in [9.17, 15) is 14.4 Å². The fourth-order valence-corrected chi connectivity index (χ4v) is 3.59. The molecule has 144 valence electrons. The van der Waals surface area contributed by atoms with Crippen LogP contribution in [0.4, 0.5) is 10.8 Å². The smallest absolute Gasteiger partial charge is 0.242 e. The minimum Gasteiger partial charge on any atom is -0.369 e. The standard InChI is InChI=1S/C19H22ClN3O3S/c1-3-4-5-6-15(24)13-9-12(2)7-8-14(13)23(18(26)10-17(21)25)19-22-11-16(20)27-19/h7-9,11H,3-6,10H2,1-2H3,(H2,21,25). The van der Waals surface area contributed by atoms with Crippen LogP contribution in [0.5, 0.6) is 0 Å². The molecule has 0 spiro atoms. The van der Waals surface area contributed by atoms with Gasteiger partial charge >= 0.3 is 0 Å². The molecule has 0 aliphatic heterocycles. The number of nitrogens with zero attached hydrogens (tertiary/aromatic N) is 2. The molecule has 2 amide bonds. The maximum Gasteiger partial charge on any atom is 0.242 e. The highest BCUT2D eigenvalue weighted by molar-refractivity contribution is 7.19. The third-order valence-electron chi connectivity index (χ3n) is 3.93. The molecule has 0 aliphatic rings. The van der Waals surface area contributed by atoms with Gasteiger partial charge in [0.1, 0.15) is 10.8 Å². The van der Waals surface area contributed by atoms with Crippen molar-refractivity contribution in [2.24, 2.45) is 5.73 Å². The number of anilines is 2. The topological polar surface area (TPSA) is 93.4 Å². The van der Waals surface area contributed by atoms with E-state index in [0.717, 1.165) is 36.2 Å². The SMILES string of the molecule is CCCCCC(=O)c1cc(C)ccc1N(C(=O)CC(N)=O)c1ncc(Cl)s1. The highest BCUT2D eigenvalue weighted by Gasteiger charge is 2.26. The lowest BCUT2D eigenvalue weighted by molar-refractivity contribution is -0.125. The number of unbranched alkanes of at least 4 members (excludes halogenated alkanes) is 2. The van der Waals surface area contributed by atoms with Crippen molar-refractivity contribution in [3.8, 4) is 0 Å². The van der Waals surface area contributed by atoms with Gasteiger partial charge in [-0.25, -0.2) is 4.98 Å². The molecule has 0 atom stereocenters. The number of aryl methyl sites for hydroxylation is 1. The Morgan fingerprint density at radius 3 is 2.59 bits per heavy atom. The van der Waals surface area contributed by atoms with E-state index in [0.29, 0.717) is 22.0 Å². The molecule has 8 heteroatoms. The third kappa shape index (κ3) is 5.61. The number of carbonyl (C=O) groups is 3. The molecule has 27 heavy (non-hydrogen) atoms.